The molecular formula is C16H15BrClN3. The second-order valence-corrected chi connectivity index (χ2v) is 6.26. The van der Waals surface area contributed by atoms with E-state index in [4.69, 9.17) is 17.3 Å². The highest BCUT2D eigenvalue weighted by molar-refractivity contribution is 9.10. The van der Waals surface area contributed by atoms with E-state index in [9.17, 15) is 0 Å². The molecule has 0 bridgehead atoms. The van der Waals surface area contributed by atoms with Gasteiger partial charge < -0.3 is 10.6 Å². The first-order valence-electron chi connectivity index (χ1n) is 6.70. The average molecular weight is 365 g/mol. The van der Waals surface area contributed by atoms with Gasteiger partial charge in [0.05, 0.1) is 17.6 Å². The molecule has 3 rings (SSSR count). The Bertz CT molecular complexity index is 672. The third-order valence-corrected chi connectivity index (χ3v) is 4.85. The SMILES string of the molecule is NC1=NCC(c2ccc(Br)c(Cl)c2)N1Cc1ccccc1. The molecule has 0 aliphatic carbocycles. The number of rotatable bonds is 3. The fourth-order valence-electron chi connectivity index (χ4n) is 2.51. The molecular weight excluding hydrogens is 350 g/mol. The van der Waals surface area contributed by atoms with Gasteiger partial charge in [0.1, 0.15) is 0 Å². The molecule has 0 amide bonds. The van der Waals surface area contributed by atoms with Crippen LogP contribution in [0, 0.1) is 0 Å². The Kier molecular flexibility index (Phi) is 4.17. The molecule has 2 aromatic carbocycles. The molecule has 0 spiro atoms. The Morgan fingerprint density at radius 3 is 2.71 bits per heavy atom. The standard InChI is InChI=1S/C16H15BrClN3/c17-13-7-6-12(8-14(13)18)15-9-20-16(19)21(15)10-11-4-2-1-3-5-11/h1-8,15H,9-10H2,(H2,19,20). The smallest absolute Gasteiger partial charge is 0.192 e. The number of nitrogens with two attached hydrogens (primary N) is 1. The molecule has 1 unspecified atom stereocenters. The van der Waals surface area contributed by atoms with E-state index in [1.54, 1.807) is 0 Å². The van der Waals surface area contributed by atoms with E-state index in [-0.39, 0.29) is 6.04 Å². The van der Waals surface area contributed by atoms with Crippen LogP contribution in [0.15, 0.2) is 58.0 Å². The number of guanidine groups is 1. The summed E-state index contributed by atoms with van der Waals surface area (Å²) in [6, 6.07) is 16.4. The van der Waals surface area contributed by atoms with Crippen molar-refractivity contribution in [1.82, 2.24) is 4.90 Å². The maximum absolute atomic E-state index is 6.20. The lowest BCUT2D eigenvalue weighted by molar-refractivity contribution is 0.340. The van der Waals surface area contributed by atoms with E-state index >= 15 is 0 Å². The van der Waals surface area contributed by atoms with Crippen LogP contribution in [0.4, 0.5) is 0 Å². The normalized spacial score (nSPS) is 17.9. The molecule has 1 aliphatic heterocycles. The zero-order chi connectivity index (χ0) is 14.8. The van der Waals surface area contributed by atoms with Gasteiger partial charge in [-0.25, -0.2) is 0 Å². The Labute approximate surface area is 137 Å². The van der Waals surface area contributed by atoms with Crippen molar-refractivity contribution in [2.75, 3.05) is 6.54 Å². The molecule has 2 aromatic rings. The summed E-state index contributed by atoms with van der Waals surface area (Å²) < 4.78 is 0.898. The first-order chi connectivity index (χ1) is 10.1. The van der Waals surface area contributed by atoms with Crippen LogP contribution in [0.2, 0.25) is 5.02 Å². The van der Waals surface area contributed by atoms with Crippen LogP contribution >= 0.6 is 27.5 Å². The topological polar surface area (TPSA) is 41.6 Å². The van der Waals surface area contributed by atoms with Gasteiger partial charge in [-0.15, -0.1) is 0 Å². The second-order valence-electron chi connectivity index (χ2n) is 5.00. The van der Waals surface area contributed by atoms with E-state index < -0.39 is 0 Å². The van der Waals surface area contributed by atoms with E-state index in [0.717, 1.165) is 16.6 Å². The molecule has 108 valence electrons. The van der Waals surface area contributed by atoms with Gasteiger partial charge in [-0.05, 0) is 39.2 Å². The summed E-state index contributed by atoms with van der Waals surface area (Å²) >= 11 is 9.62. The Morgan fingerprint density at radius 2 is 2.00 bits per heavy atom. The fraction of sp³-hybridized carbons (Fsp3) is 0.188. The Morgan fingerprint density at radius 1 is 1.24 bits per heavy atom. The monoisotopic (exact) mass is 363 g/mol. The Balaban J connectivity index is 1.86. The third kappa shape index (κ3) is 3.06. The molecule has 21 heavy (non-hydrogen) atoms. The summed E-state index contributed by atoms with van der Waals surface area (Å²) in [5.41, 5.74) is 8.40. The number of halogens is 2. The number of nitrogens with zero attached hydrogens (tertiary/aromatic N) is 2. The first-order valence-corrected chi connectivity index (χ1v) is 7.87. The predicted molar refractivity (Wildman–Crippen MR) is 90.4 cm³/mol. The molecule has 0 saturated heterocycles. The molecule has 0 radical (unpaired) electrons. The molecule has 1 heterocycles. The molecule has 1 aliphatic rings. The zero-order valence-corrected chi connectivity index (χ0v) is 13.7. The van der Waals surface area contributed by atoms with Crippen LogP contribution < -0.4 is 5.73 Å². The maximum Gasteiger partial charge on any atom is 0.192 e. The lowest BCUT2D eigenvalue weighted by Crippen LogP contribution is -2.35. The lowest BCUT2D eigenvalue weighted by Gasteiger charge is -2.27. The van der Waals surface area contributed by atoms with E-state index in [2.05, 4.69) is 44.0 Å². The summed E-state index contributed by atoms with van der Waals surface area (Å²) in [4.78, 5) is 6.51. The van der Waals surface area contributed by atoms with Crippen molar-refractivity contribution in [2.45, 2.75) is 12.6 Å². The molecule has 0 saturated carbocycles. The average Bonchev–Trinajstić information content (AvgIpc) is 2.85. The van der Waals surface area contributed by atoms with Crippen molar-refractivity contribution in [3.05, 3.63) is 69.2 Å². The minimum atomic E-state index is 0.135. The summed E-state index contributed by atoms with van der Waals surface area (Å²) in [6.45, 7) is 1.41. The van der Waals surface area contributed by atoms with Crippen molar-refractivity contribution < 1.29 is 0 Å². The first kappa shape index (κ1) is 14.4. The Hall–Kier alpha value is -1.52. The maximum atomic E-state index is 6.20. The van der Waals surface area contributed by atoms with Crippen LogP contribution in [-0.2, 0) is 6.54 Å². The number of benzene rings is 2. The van der Waals surface area contributed by atoms with Gasteiger partial charge in [0.2, 0.25) is 0 Å². The number of hydrogen-bond acceptors (Lipinski definition) is 3. The van der Waals surface area contributed by atoms with E-state index in [1.807, 2.05) is 30.3 Å². The van der Waals surface area contributed by atoms with Gasteiger partial charge in [-0.2, -0.15) is 0 Å². The molecule has 1 atom stereocenters. The van der Waals surface area contributed by atoms with E-state index in [0.29, 0.717) is 17.5 Å². The van der Waals surface area contributed by atoms with Crippen molar-refractivity contribution in [2.24, 2.45) is 10.7 Å². The summed E-state index contributed by atoms with van der Waals surface area (Å²) in [5.74, 6) is 0.586. The predicted octanol–water partition coefficient (Wildman–Crippen LogP) is 3.97. The lowest BCUT2D eigenvalue weighted by atomic mass is 10.1. The second kappa shape index (κ2) is 6.08. The summed E-state index contributed by atoms with van der Waals surface area (Å²) in [5, 5.41) is 0.706. The van der Waals surface area contributed by atoms with Gasteiger partial charge in [-0.3, -0.25) is 4.99 Å². The number of aliphatic imine (C=N–C) groups is 1. The van der Waals surface area contributed by atoms with Crippen LogP contribution in [0.25, 0.3) is 0 Å². The van der Waals surface area contributed by atoms with E-state index in [1.165, 1.54) is 5.56 Å². The minimum absolute atomic E-state index is 0.135. The van der Waals surface area contributed by atoms with Crippen molar-refractivity contribution >= 4 is 33.5 Å². The zero-order valence-electron chi connectivity index (χ0n) is 11.3. The largest absolute Gasteiger partial charge is 0.370 e. The van der Waals surface area contributed by atoms with Crippen LogP contribution in [0.1, 0.15) is 17.2 Å². The van der Waals surface area contributed by atoms with Gasteiger partial charge in [-0.1, -0.05) is 48.0 Å². The minimum Gasteiger partial charge on any atom is -0.370 e. The van der Waals surface area contributed by atoms with Crippen molar-refractivity contribution in [1.29, 1.82) is 0 Å². The highest BCUT2D eigenvalue weighted by Crippen LogP contribution is 2.31. The highest BCUT2D eigenvalue weighted by atomic mass is 79.9. The molecule has 0 fully saturated rings. The third-order valence-electron chi connectivity index (χ3n) is 3.62. The summed E-state index contributed by atoms with van der Waals surface area (Å²) in [7, 11) is 0. The van der Waals surface area contributed by atoms with Crippen LogP contribution in [0.5, 0.6) is 0 Å². The van der Waals surface area contributed by atoms with Gasteiger partial charge in [0.15, 0.2) is 5.96 Å². The van der Waals surface area contributed by atoms with Crippen LogP contribution in [0.3, 0.4) is 0 Å². The van der Waals surface area contributed by atoms with Crippen molar-refractivity contribution in [3.63, 3.8) is 0 Å². The van der Waals surface area contributed by atoms with Crippen LogP contribution in [-0.4, -0.2) is 17.4 Å². The quantitative estimate of drug-likeness (QED) is 0.895. The number of hydrogen-bond donors (Lipinski definition) is 1. The summed E-state index contributed by atoms with van der Waals surface area (Å²) in [6.07, 6.45) is 0. The molecule has 5 heteroatoms. The molecule has 3 nitrogen and oxygen atoms in total. The van der Waals surface area contributed by atoms with Gasteiger partial charge in [0, 0.05) is 11.0 Å². The molecule has 2 N–H and O–H groups in total. The molecule has 0 aromatic heterocycles. The fourth-order valence-corrected chi connectivity index (χ4v) is 2.94. The highest BCUT2D eigenvalue weighted by Gasteiger charge is 2.27. The van der Waals surface area contributed by atoms with Gasteiger partial charge >= 0.3 is 0 Å². The van der Waals surface area contributed by atoms with Gasteiger partial charge in [0.25, 0.3) is 0 Å². The van der Waals surface area contributed by atoms with Crippen molar-refractivity contribution in [3.8, 4) is 0 Å².